The van der Waals surface area contributed by atoms with Crippen molar-refractivity contribution in [1.82, 2.24) is 24.0 Å². The molecule has 5 rings (SSSR count). The van der Waals surface area contributed by atoms with Gasteiger partial charge in [-0.2, -0.15) is 18.2 Å². The molecule has 0 radical (unpaired) electrons. The zero-order valence-corrected chi connectivity index (χ0v) is 24.5. The van der Waals surface area contributed by atoms with Crippen molar-refractivity contribution < 1.29 is 17.9 Å². The van der Waals surface area contributed by atoms with Crippen molar-refractivity contribution in [3.63, 3.8) is 0 Å². The standard InChI is InChI=1S/C25H33F3N6O.C4H8O/c1-14(2)21(18-8-10-19(11-9-18)25(26,27)28)33-12-16(4)34(13-15(33)3)22-20-23(31(6)17(5)29-20)32(7)24(35)30-22;1-2-4-5-3-1/h8-11,14-16,21H,12-13H2,1-7H3;1-4H2/t15-,16+,21+;/m1./s1. The summed E-state index contributed by atoms with van der Waals surface area (Å²) in [5.41, 5.74) is 1.33. The predicted octanol–water partition coefficient (Wildman–Crippen LogP) is 5.09. The van der Waals surface area contributed by atoms with E-state index in [4.69, 9.17) is 9.72 Å². The van der Waals surface area contributed by atoms with Crippen molar-refractivity contribution in [2.75, 3.05) is 31.2 Å². The van der Waals surface area contributed by atoms with E-state index >= 15 is 0 Å². The molecule has 2 aliphatic rings. The van der Waals surface area contributed by atoms with Gasteiger partial charge in [0, 0.05) is 58.5 Å². The van der Waals surface area contributed by atoms with Gasteiger partial charge in [-0.1, -0.05) is 26.0 Å². The van der Waals surface area contributed by atoms with Gasteiger partial charge in [0.25, 0.3) is 0 Å². The lowest BCUT2D eigenvalue weighted by Gasteiger charge is -2.49. The third-order valence-corrected chi connectivity index (χ3v) is 8.01. The molecule has 1 aromatic carbocycles. The number of aromatic nitrogens is 4. The Balaban J connectivity index is 0.000000666. The van der Waals surface area contributed by atoms with Gasteiger partial charge in [0.15, 0.2) is 5.82 Å². The smallest absolute Gasteiger partial charge is 0.381 e. The maximum absolute atomic E-state index is 13.1. The molecule has 220 valence electrons. The van der Waals surface area contributed by atoms with Crippen LogP contribution in [0.4, 0.5) is 19.0 Å². The monoisotopic (exact) mass is 562 g/mol. The quantitative estimate of drug-likeness (QED) is 0.442. The van der Waals surface area contributed by atoms with E-state index in [2.05, 4.69) is 42.5 Å². The lowest BCUT2D eigenvalue weighted by Crippen LogP contribution is -2.58. The molecule has 0 N–H and O–H groups in total. The summed E-state index contributed by atoms with van der Waals surface area (Å²) >= 11 is 0. The second kappa shape index (κ2) is 11.9. The van der Waals surface area contributed by atoms with E-state index in [0.29, 0.717) is 24.4 Å². The first kappa shape index (κ1) is 30.0. The Morgan fingerprint density at radius 1 is 0.950 bits per heavy atom. The Hall–Kier alpha value is -2.92. The third kappa shape index (κ3) is 6.05. The first-order valence-corrected chi connectivity index (χ1v) is 14.0. The molecule has 0 spiro atoms. The molecule has 3 aromatic rings. The molecule has 2 saturated heterocycles. The van der Waals surface area contributed by atoms with E-state index in [0.717, 1.165) is 30.2 Å². The highest BCUT2D eigenvalue weighted by atomic mass is 19.4. The van der Waals surface area contributed by atoms with Gasteiger partial charge in [0.1, 0.15) is 17.0 Å². The first-order valence-electron chi connectivity index (χ1n) is 14.0. The molecule has 2 aromatic heterocycles. The molecule has 40 heavy (non-hydrogen) atoms. The molecule has 0 amide bonds. The highest BCUT2D eigenvalue weighted by Crippen LogP contribution is 2.37. The van der Waals surface area contributed by atoms with Crippen LogP contribution in [0, 0.1) is 12.8 Å². The number of hydrogen-bond acceptors (Lipinski definition) is 6. The molecule has 8 nitrogen and oxygen atoms in total. The number of rotatable bonds is 4. The van der Waals surface area contributed by atoms with Gasteiger partial charge in [0.05, 0.1) is 5.56 Å². The van der Waals surface area contributed by atoms with E-state index in [1.807, 2.05) is 18.5 Å². The van der Waals surface area contributed by atoms with Crippen LogP contribution in [-0.4, -0.2) is 62.4 Å². The summed E-state index contributed by atoms with van der Waals surface area (Å²) in [6, 6.07) is 5.58. The number of ether oxygens (including phenoxy) is 1. The first-order chi connectivity index (χ1) is 18.8. The fraction of sp³-hybridized carbons (Fsp3) is 0.621. The third-order valence-electron chi connectivity index (χ3n) is 8.01. The summed E-state index contributed by atoms with van der Waals surface area (Å²) in [7, 11) is 3.58. The largest absolute Gasteiger partial charge is 0.416 e. The Bertz CT molecular complexity index is 1350. The summed E-state index contributed by atoms with van der Waals surface area (Å²) < 4.78 is 47.6. The lowest BCUT2D eigenvalue weighted by molar-refractivity contribution is -0.137. The Morgan fingerprint density at radius 2 is 1.57 bits per heavy atom. The molecule has 3 atom stereocenters. The Kier molecular flexibility index (Phi) is 8.94. The number of piperazine rings is 1. The topological polar surface area (TPSA) is 68.4 Å². The fourth-order valence-corrected chi connectivity index (χ4v) is 5.82. The van der Waals surface area contributed by atoms with E-state index in [9.17, 15) is 18.0 Å². The summed E-state index contributed by atoms with van der Waals surface area (Å²) in [6.07, 6.45) is -1.80. The summed E-state index contributed by atoms with van der Waals surface area (Å²) in [5, 5.41) is 0. The minimum Gasteiger partial charge on any atom is -0.381 e. The second-order valence-electron chi connectivity index (χ2n) is 11.3. The summed E-state index contributed by atoms with van der Waals surface area (Å²) in [6.45, 7) is 13.6. The SMILES string of the molecule is C1CCOC1.Cc1nc2c(N3C[C@@H](C)N([C@H](c4ccc(C(F)(F)F)cc4)C(C)C)C[C@@H]3C)nc(=O)n(C)c2n1C. The van der Waals surface area contributed by atoms with Gasteiger partial charge in [-0.05, 0) is 57.2 Å². The average molecular weight is 563 g/mol. The van der Waals surface area contributed by atoms with Crippen LogP contribution >= 0.6 is 0 Å². The van der Waals surface area contributed by atoms with Crippen molar-refractivity contribution in [1.29, 1.82) is 0 Å². The molecular weight excluding hydrogens is 521 g/mol. The van der Waals surface area contributed by atoms with Crippen LogP contribution in [0.5, 0.6) is 0 Å². The van der Waals surface area contributed by atoms with Gasteiger partial charge in [-0.3, -0.25) is 9.47 Å². The normalized spacial score (nSPS) is 21.1. The number of aryl methyl sites for hydroxylation is 3. The van der Waals surface area contributed by atoms with Crippen LogP contribution in [0.2, 0.25) is 0 Å². The minimum atomic E-state index is -4.35. The number of hydrogen-bond donors (Lipinski definition) is 0. The highest BCUT2D eigenvalue weighted by molar-refractivity contribution is 5.84. The summed E-state index contributed by atoms with van der Waals surface area (Å²) in [5.74, 6) is 1.58. The lowest BCUT2D eigenvalue weighted by atomic mass is 9.90. The summed E-state index contributed by atoms with van der Waals surface area (Å²) in [4.78, 5) is 26.3. The van der Waals surface area contributed by atoms with E-state index in [1.165, 1.54) is 29.5 Å². The van der Waals surface area contributed by atoms with Crippen molar-refractivity contribution in [3.8, 4) is 0 Å². The Labute approximate surface area is 233 Å². The van der Waals surface area contributed by atoms with Crippen molar-refractivity contribution in [2.45, 2.75) is 71.8 Å². The van der Waals surface area contributed by atoms with Gasteiger partial charge in [-0.15, -0.1) is 0 Å². The zero-order chi connectivity index (χ0) is 29.4. The van der Waals surface area contributed by atoms with Crippen molar-refractivity contribution >= 4 is 17.0 Å². The van der Waals surface area contributed by atoms with E-state index in [-0.39, 0.29) is 29.7 Å². The molecule has 11 heteroatoms. The van der Waals surface area contributed by atoms with Gasteiger partial charge >= 0.3 is 11.9 Å². The Morgan fingerprint density at radius 3 is 2.10 bits per heavy atom. The maximum Gasteiger partial charge on any atom is 0.416 e. The van der Waals surface area contributed by atoms with Gasteiger partial charge < -0.3 is 14.2 Å². The molecule has 0 aliphatic carbocycles. The second-order valence-corrected chi connectivity index (χ2v) is 11.3. The van der Waals surface area contributed by atoms with Crippen LogP contribution in [0.1, 0.15) is 63.5 Å². The van der Waals surface area contributed by atoms with Crippen LogP contribution in [0.3, 0.4) is 0 Å². The zero-order valence-electron chi connectivity index (χ0n) is 24.5. The number of imidazole rings is 1. The fourth-order valence-electron chi connectivity index (χ4n) is 5.82. The van der Waals surface area contributed by atoms with Crippen LogP contribution < -0.4 is 10.6 Å². The molecule has 2 fully saturated rings. The molecule has 0 saturated carbocycles. The molecule has 2 aliphatic heterocycles. The molecule has 0 unspecified atom stereocenters. The van der Waals surface area contributed by atoms with Crippen molar-refractivity contribution in [3.05, 3.63) is 51.7 Å². The van der Waals surface area contributed by atoms with Crippen LogP contribution in [-0.2, 0) is 25.0 Å². The van der Waals surface area contributed by atoms with Crippen LogP contribution in [0.15, 0.2) is 29.1 Å². The predicted molar refractivity (Wildman–Crippen MR) is 151 cm³/mol. The average Bonchev–Trinajstić information content (AvgIpc) is 3.56. The van der Waals surface area contributed by atoms with Crippen LogP contribution in [0.25, 0.3) is 11.2 Å². The van der Waals surface area contributed by atoms with Gasteiger partial charge in [-0.25, -0.2) is 9.78 Å². The number of benzene rings is 1. The van der Waals surface area contributed by atoms with Crippen molar-refractivity contribution in [2.24, 2.45) is 20.0 Å². The number of nitrogens with zero attached hydrogens (tertiary/aromatic N) is 6. The molecule has 4 heterocycles. The maximum atomic E-state index is 13.1. The highest BCUT2D eigenvalue weighted by Gasteiger charge is 2.38. The van der Waals surface area contributed by atoms with E-state index < -0.39 is 11.7 Å². The number of anilines is 1. The van der Waals surface area contributed by atoms with Gasteiger partial charge in [0.2, 0.25) is 0 Å². The number of halogens is 3. The minimum absolute atomic E-state index is 0.0204. The molecular formula is C29H41F3N6O2. The number of alkyl halides is 3. The number of fused-ring (bicyclic) bond motifs is 1. The molecule has 0 bridgehead atoms. The van der Waals surface area contributed by atoms with E-state index in [1.54, 1.807) is 19.2 Å².